The van der Waals surface area contributed by atoms with Crippen LogP contribution in [0, 0.1) is 0 Å². The standard InChI is InChI=1S/C25H42N2O3/c1-3-4-5-6-7-8-9-13-19-29-24-16-14-15-23(20-24)26-25(28)30-22(2)21-27-17-11-10-12-18-27/h14-16,20,22H,3-13,17-19,21H2,1-2H3,(H,26,28)/p+1/t22-/m1/s1. The van der Waals surface area contributed by atoms with Gasteiger partial charge in [-0.15, -0.1) is 4.99 Å². The molecule has 1 aromatic carbocycles. The number of hydrogen-bond acceptors (Lipinski definition) is 3. The molecule has 1 saturated heterocycles. The zero-order valence-corrected chi connectivity index (χ0v) is 19.2. The fourth-order valence-corrected chi connectivity index (χ4v) is 3.98. The summed E-state index contributed by atoms with van der Waals surface area (Å²) in [5, 5.41) is 10.2. The van der Waals surface area contributed by atoms with E-state index in [9.17, 15) is 5.11 Å². The molecule has 1 aromatic rings. The van der Waals surface area contributed by atoms with Gasteiger partial charge in [0, 0.05) is 12.6 Å². The van der Waals surface area contributed by atoms with Gasteiger partial charge in [0.2, 0.25) is 5.69 Å². The van der Waals surface area contributed by atoms with Crippen LogP contribution in [0.15, 0.2) is 24.3 Å². The molecule has 0 spiro atoms. The van der Waals surface area contributed by atoms with Gasteiger partial charge in [-0.25, -0.2) is 0 Å². The maximum atomic E-state index is 10.2. The average molecular weight is 420 g/mol. The third-order valence-electron chi connectivity index (χ3n) is 5.63. The molecule has 1 atom stereocenters. The van der Waals surface area contributed by atoms with Gasteiger partial charge >= 0.3 is 6.08 Å². The molecule has 1 aliphatic rings. The van der Waals surface area contributed by atoms with Gasteiger partial charge in [0.1, 0.15) is 11.9 Å². The minimum atomic E-state index is -0.153. The second-order valence-corrected chi connectivity index (χ2v) is 8.57. The van der Waals surface area contributed by atoms with Gasteiger partial charge in [0.15, 0.2) is 0 Å². The molecule has 0 aliphatic carbocycles. The molecule has 170 valence electrons. The van der Waals surface area contributed by atoms with E-state index in [1.165, 1.54) is 64.2 Å². The number of unbranched alkanes of at least 4 members (excludes halogenated alkanes) is 7. The fourth-order valence-electron chi connectivity index (χ4n) is 3.98. The number of rotatable bonds is 14. The first-order chi connectivity index (χ1) is 14.7. The minimum Gasteiger partial charge on any atom is -0.493 e. The van der Waals surface area contributed by atoms with Crippen LogP contribution in [0.25, 0.3) is 0 Å². The molecular formula is C25H43N2O3+. The van der Waals surface area contributed by atoms with E-state index in [4.69, 9.17) is 9.47 Å². The Balaban J connectivity index is 1.65. The number of aliphatic hydroxyl groups is 1. The quantitative estimate of drug-likeness (QED) is 0.260. The van der Waals surface area contributed by atoms with Gasteiger partial charge in [0.05, 0.1) is 12.7 Å². The summed E-state index contributed by atoms with van der Waals surface area (Å²) in [5.41, 5.74) is 0.770. The Morgan fingerprint density at radius 3 is 2.47 bits per heavy atom. The van der Waals surface area contributed by atoms with Crippen LogP contribution in [-0.2, 0) is 4.74 Å². The summed E-state index contributed by atoms with van der Waals surface area (Å²) >= 11 is 0. The van der Waals surface area contributed by atoms with E-state index >= 15 is 0 Å². The van der Waals surface area contributed by atoms with Crippen molar-refractivity contribution in [2.45, 2.75) is 90.6 Å². The van der Waals surface area contributed by atoms with E-state index in [1.807, 2.05) is 31.2 Å². The Morgan fingerprint density at radius 1 is 1.03 bits per heavy atom. The largest absolute Gasteiger partial charge is 0.551 e. The molecule has 2 rings (SSSR count). The van der Waals surface area contributed by atoms with Crippen molar-refractivity contribution in [1.82, 2.24) is 4.90 Å². The van der Waals surface area contributed by atoms with Crippen LogP contribution in [0.3, 0.4) is 0 Å². The zero-order valence-electron chi connectivity index (χ0n) is 19.2. The van der Waals surface area contributed by atoms with E-state index in [0.717, 1.165) is 44.1 Å². The van der Waals surface area contributed by atoms with Gasteiger partial charge in [-0.05, 0) is 45.3 Å². The molecule has 1 heterocycles. The number of aliphatic hydroxyl groups excluding tert-OH is 1. The first-order valence-electron chi connectivity index (χ1n) is 12.1. The number of benzene rings is 1. The Labute approximate surface area is 183 Å². The highest BCUT2D eigenvalue weighted by Gasteiger charge is 2.17. The second-order valence-electron chi connectivity index (χ2n) is 8.57. The van der Waals surface area contributed by atoms with Crippen LogP contribution in [0.5, 0.6) is 5.75 Å². The third kappa shape index (κ3) is 10.9. The lowest BCUT2D eigenvalue weighted by Gasteiger charge is -2.28. The van der Waals surface area contributed by atoms with Gasteiger partial charge in [-0.1, -0.05) is 64.4 Å². The van der Waals surface area contributed by atoms with Gasteiger partial charge in [-0.2, -0.15) is 0 Å². The molecule has 1 aliphatic heterocycles. The number of ether oxygens (including phenoxy) is 2. The van der Waals surface area contributed by atoms with Crippen molar-refractivity contribution in [2.24, 2.45) is 0 Å². The number of hydrogen-bond donors (Lipinski definition) is 2. The van der Waals surface area contributed by atoms with Crippen molar-refractivity contribution in [3.8, 4) is 5.75 Å². The summed E-state index contributed by atoms with van der Waals surface area (Å²) in [6.07, 6.45) is 14.0. The predicted molar refractivity (Wildman–Crippen MR) is 124 cm³/mol. The molecular weight excluding hydrogens is 376 g/mol. The summed E-state index contributed by atoms with van der Waals surface area (Å²) in [6, 6.07) is 7.68. The van der Waals surface area contributed by atoms with Crippen molar-refractivity contribution < 1.29 is 19.6 Å². The maximum Gasteiger partial charge on any atom is 0.551 e. The van der Waals surface area contributed by atoms with E-state index in [-0.39, 0.29) is 12.2 Å². The van der Waals surface area contributed by atoms with Crippen LogP contribution in [0.2, 0.25) is 0 Å². The maximum absolute atomic E-state index is 10.2. The lowest BCUT2D eigenvalue weighted by atomic mass is 10.1. The molecule has 0 radical (unpaired) electrons. The molecule has 0 unspecified atom stereocenters. The smallest absolute Gasteiger partial charge is 0.493 e. The molecule has 2 N–H and O–H groups in total. The van der Waals surface area contributed by atoms with Crippen LogP contribution in [0.1, 0.15) is 84.5 Å². The summed E-state index contributed by atoms with van der Waals surface area (Å²) in [7, 11) is 0. The number of piperidine rings is 1. The van der Waals surface area contributed by atoms with E-state index in [0.29, 0.717) is 0 Å². The van der Waals surface area contributed by atoms with E-state index in [1.54, 1.807) is 0 Å². The molecule has 0 bridgehead atoms. The van der Waals surface area contributed by atoms with Crippen molar-refractivity contribution in [2.75, 3.05) is 26.2 Å². The fraction of sp³-hybridized carbons (Fsp3) is 0.720. The molecule has 5 nitrogen and oxygen atoms in total. The van der Waals surface area contributed by atoms with Crippen molar-refractivity contribution >= 4 is 11.8 Å². The summed E-state index contributed by atoms with van der Waals surface area (Å²) in [6.45, 7) is 8.08. The normalized spacial score (nSPS) is 16.4. The van der Waals surface area contributed by atoms with Crippen LogP contribution in [0.4, 0.5) is 5.69 Å². The lowest BCUT2D eigenvalue weighted by molar-refractivity contribution is -0.383. The van der Waals surface area contributed by atoms with Crippen LogP contribution < -0.4 is 9.73 Å². The minimum absolute atomic E-state index is 0.0583. The van der Waals surface area contributed by atoms with Gasteiger partial charge < -0.3 is 14.6 Å². The van der Waals surface area contributed by atoms with Crippen LogP contribution >= 0.6 is 0 Å². The summed E-state index contributed by atoms with van der Waals surface area (Å²) in [4.78, 5) is 5.34. The molecule has 0 amide bonds. The second kappa shape index (κ2) is 15.1. The lowest BCUT2D eigenvalue weighted by Crippen LogP contribution is -2.67. The van der Waals surface area contributed by atoms with Gasteiger partial charge in [-0.3, -0.25) is 4.90 Å². The first-order valence-corrected chi connectivity index (χ1v) is 12.1. The first kappa shape index (κ1) is 24.5. The van der Waals surface area contributed by atoms with Crippen molar-refractivity contribution in [1.29, 1.82) is 0 Å². The monoisotopic (exact) mass is 419 g/mol. The SMILES string of the molecule is CCCCCCCCCCOc1cccc([NH+]=C(O)O[C@H](C)CN2CCCCC2)c1. The molecule has 1 fully saturated rings. The third-order valence-corrected chi connectivity index (χ3v) is 5.63. The highest BCUT2D eigenvalue weighted by molar-refractivity contribution is 5.59. The Kier molecular flexibility index (Phi) is 12.4. The molecule has 30 heavy (non-hydrogen) atoms. The van der Waals surface area contributed by atoms with E-state index in [2.05, 4.69) is 16.8 Å². The predicted octanol–water partition coefficient (Wildman–Crippen LogP) is 4.72. The Hall–Kier alpha value is -1.75. The van der Waals surface area contributed by atoms with Crippen molar-refractivity contribution in [3.63, 3.8) is 0 Å². The Bertz CT molecular complexity index is 600. The zero-order chi connectivity index (χ0) is 21.4. The van der Waals surface area contributed by atoms with Crippen molar-refractivity contribution in [3.05, 3.63) is 24.3 Å². The van der Waals surface area contributed by atoms with Gasteiger partial charge in [0.25, 0.3) is 0 Å². The molecule has 0 aromatic heterocycles. The summed E-state index contributed by atoms with van der Waals surface area (Å²) < 4.78 is 11.5. The Morgan fingerprint density at radius 2 is 1.73 bits per heavy atom. The topological polar surface area (TPSA) is 55.9 Å². The highest BCUT2D eigenvalue weighted by Crippen LogP contribution is 2.15. The number of likely N-dealkylation sites (tertiary alicyclic amines) is 1. The van der Waals surface area contributed by atoms with E-state index < -0.39 is 0 Å². The number of nitrogens with one attached hydrogen (secondary N) is 1. The average Bonchev–Trinajstić information content (AvgIpc) is 2.73. The number of nitrogens with zero attached hydrogens (tertiary/aromatic N) is 1. The molecule has 0 saturated carbocycles. The summed E-state index contributed by atoms with van der Waals surface area (Å²) in [5.74, 6) is 0.817. The highest BCUT2D eigenvalue weighted by atomic mass is 16.6. The van der Waals surface area contributed by atoms with Crippen LogP contribution in [-0.4, -0.2) is 48.4 Å². The molecule has 5 heteroatoms.